The molecule has 26 heavy (non-hydrogen) atoms. The zero-order valence-corrected chi connectivity index (χ0v) is 16.1. The van der Waals surface area contributed by atoms with Crippen LogP contribution < -0.4 is 4.80 Å². The average molecular weight is 388 g/mol. The first kappa shape index (κ1) is 18.1. The standard InChI is InChI=1S/C17H16N4O3S2/c1-5-8-21-13-7-6-12(26(4,23)24)9-14(13)25-17(21)18-16(22)15-11(2)10-20(3)19-15/h1,6-7,9-10H,8H2,2-4H3. The van der Waals surface area contributed by atoms with Crippen molar-refractivity contribution in [2.24, 2.45) is 12.0 Å². The number of aryl methyl sites for hydroxylation is 2. The second-order valence-corrected chi connectivity index (χ2v) is 8.85. The Kier molecular flexibility index (Phi) is 4.56. The number of sulfone groups is 1. The number of benzene rings is 1. The van der Waals surface area contributed by atoms with Crippen molar-refractivity contribution >= 4 is 37.3 Å². The zero-order chi connectivity index (χ0) is 19.1. The van der Waals surface area contributed by atoms with Crippen LogP contribution in [0.25, 0.3) is 10.2 Å². The fourth-order valence-corrected chi connectivity index (χ4v) is 4.36. The number of carbonyl (C=O) groups excluding carboxylic acids is 1. The fourth-order valence-electron chi connectivity index (χ4n) is 2.57. The maximum Gasteiger partial charge on any atom is 0.300 e. The number of carbonyl (C=O) groups is 1. The molecule has 0 saturated heterocycles. The van der Waals surface area contributed by atoms with E-state index in [1.54, 1.807) is 41.5 Å². The molecule has 9 heteroatoms. The predicted molar refractivity (Wildman–Crippen MR) is 99.6 cm³/mol. The van der Waals surface area contributed by atoms with E-state index in [-0.39, 0.29) is 17.1 Å². The largest absolute Gasteiger partial charge is 0.305 e. The minimum absolute atomic E-state index is 0.206. The summed E-state index contributed by atoms with van der Waals surface area (Å²) >= 11 is 1.21. The molecule has 0 aliphatic carbocycles. The van der Waals surface area contributed by atoms with Gasteiger partial charge in [0.1, 0.15) is 0 Å². The molecule has 7 nitrogen and oxygen atoms in total. The summed E-state index contributed by atoms with van der Waals surface area (Å²) in [5.41, 5.74) is 1.73. The van der Waals surface area contributed by atoms with Crippen molar-refractivity contribution in [3.05, 3.63) is 40.5 Å². The van der Waals surface area contributed by atoms with E-state index in [9.17, 15) is 13.2 Å². The van der Waals surface area contributed by atoms with Gasteiger partial charge in [0.15, 0.2) is 20.3 Å². The number of aromatic nitrogens is 3. The van der Waals surface area contributed by atoms with Gasteiger partial charge in [-0.15, -0.1) is 6.42 Å². The Labute approximate surface area is 154 Å². The number of hydrogen-bond donors (Lipinski definition) is 0. The molecule has 0 saturated carbocycles. The number of nitrogens with zero attached hydrogens (tertiary/aromatic N) is 4. The van der Waals surface area contributed by atoms with Crippen molar-refractivity contribution in [3.8, 4) is 12.3 Å². The second-order valence-electron chi connectivity index (χ2n) is 5.83. The van der Waals surface area contributed by atoms with Gasteiger partial charge >= 0.3 is 0 Å². The highest BCUT2D eigenvalue weighted by atomic mass is 32.2. The summed E-state index contributed by atoms with van der Waals surface area (Å²) in [4.78, 5) is 17.3. The number of thiazole rings is 1. The minimum atomic E-state index is -3.33. The second kappa shape index (κ2) is 6.55. The first-order chi connectivity index (χ1) is 12.2. The van der Waals surface area contributed by atoms with E-state index in [0.717, 1.165) is 17.3 Å². The predicted octanol–water partition coefficient (Wildman–Crippen LogP) is 1.52. The van der Waals surface area contributed by atoms with Crippen LogP contribution in [0.1, 0.15) is 16.1 Å². The van der Waals surface area contributed by atoms with Gasteiger partial charge in [-0.2, -0.15) is 10.1 Å². The van der Waals surface area contributed by atoms with Gasteiger partial charge in [0.2, 0.25) is 0 Å². The molecule has 0 N–H and O–H groups in total. The van der Waals surface area contributed by atoms with Crippen molar-refractivity contribution < 1.29 is 13.2 Å². The van der Waals surface area contributed by atoms with Crippen LogP contribution in [0.3, 0.4) is 0 Å². The molecule has 0 radical (unpaired) electrons. The molecule has 0 fully saturated rings. The molecule has 0 aliphatic rings. The quantitative estimate of drug-likeness (QED) is 0.637. The smallest absolute Gasteiger partial charge is 0.300 e. The minimum Gasteiger partial charge on any atom is -0.305 e. The molecule has 2 heterocycles. The van der Waals surface area contributed by atoms with Crippen molar-refractivity contribution in [1.29, 1.82) is 0 Å². The van der Waals surface area contributed by atoms with Crippen LogP contribution in [-0.4, -0.2) is 34.9 Å². The lowest BCUT2D eigenvalue weighted by Gasteiger charge is -2.01. The van der Waals surface area contributed by atoms with Crippen LogP contribution >= 0.6 is 11.3 Å². The van der Waals surface area contributed by atoms with E-state index in [0.29, 0.717) is 9.50 Å². The van der Waals surface area contributed by atoms with Crippen LogP contribution in [0.4, 0.5) is 0 Å². The summed E-state index contributed by atoms with van der Waals surface area (Å²) in [5.74, 6) is 2.07. The summed E-state index contributed by atoms with van der Waals surface area (Å²) < 4.78 is 27.5. The van der Waals surface area contributed by atoms with E-state index in [1.807, 2.05) is 0 Å². The monoisotopic (exact) mass is 388 g/mol. The molecule has 1 amide bonds. The Bertz CT molecular complexity index is 1240. The van der Waals surface area contributed by atoms with Crippen LogP contribution in [0.5, 0.6) is 0 Å². The summed E-state index contributed by atoms with van der Waals surface area (Å²) in [6.07, 6.45) is 8.33. The van der Waals surface area contributed by atoms with Gasteiger partial charge in [0.05, 0.1) is 21.7 Å². The lowest BCUT2D eigenvalue weighted by molar-refractivity contribution is 0.0992. The van der Waals surface area contributed by atoms with Crippen LogP contribution in [0, 0.1) is 19.3 Å². The number of fused-ring (bicyclic) bond motifs is 1. The Morgan fingerprint density at radius 1 is 1.42 bits per heavy atom. The molecule has 0 spiro atoms. The summed E-state index contributed by atoms with van der Waals surface area (Å²) in [5, 5.41) is 4.13. The van der Waals surface area contributed by atoms with Crippen molar-refractivity contribution in [3.63, 3.8) is 0 Å². The maximum atomic E-state index is 12.5. The summed E-state index contributed by atoms with van der Waals surface area (Å²) in [7, 11) is -1.60. The third kappa shape index (κ3) is 3.34. The fraction of sp³-hybridized carbons (Fsp3) is 0.235. The zero-order valence-electron chi connectivity index (χ0n) is 14.4. The number of terminal acetylenes is 1. The molecule has 0 aliphatic heterocycles. The molecule has 3 aromatic rings. The first-order valence-corrected chi connectivity index (χ1v) is 10.3. The summed E-state index contributed by atoms with van der Waals surface area (Å²) in [6, 6.07) is 4.76. The van der Waals surface area contributed by atoms with Crippen molar-refractivity contribution in [1.82, 2.24) is 14.3 Å². The number of hydrogen-bond acceptors (Lipinski definition) is 5. The molecule has 134 valence electrons. The maximum absolute atomic E-state index is 12.5. The van der Waals surface area contributed by atoms with Gasteiger partial charge in [0.25, 0.3) is 5.91 Å². The van der Waals surface area contributed by atoms with Crippen molar-refractivity contribution in [2.75, 3.05) is 6.26 Å². The van der Waals surface area contributed by atoms with E-state index in [1.165, 1.54) is 17.4 Å². The van der Waals surface area contributed by atoms with Crippen LogP contribution in [0.2, 0.25) is 0 Å². The highest BCUT2D eigenvalue weighted by molar-refractivity contribution is 7.90. The SMILES string of the molecule is C#CCn1c(=NC(=O)c2nn(C)cc2C)sc2cc(S(C)(=O)=O)ccc21. The topological polar surface area (TPSA) is 86.3 Å². The number of amides is 1. The lowest BCUT2D eigenvalue weighted by atomic mass is 10.3. The molecule has 0 unspecified atom stereocenters. The van der Waals surface area contributed by atoms with Gasteiger partial charge in [-0.05, 0) is 25.1 Å². The third-order valence-corrected chi connectivity index (χ3v) is 5.89. The lowest BCUT2D eigenvalue weighted by Crippen LogP contribution is -2.17. The highest BCUT2D eigenvalue weighted by Gasteiger charge is 2.15. The summed E-state index contributed by atoms with van der Waals surface area (Å²) in [6.45, 7) is 2.00. The Morgan fingerprint density at radius 3 is 2.73 bits per heavy atom. The van der Waals surface area contributed by atoms with Gasteiger partial charge < -0.3 is 4.57 Å². The van der Waals surface area contributed by atoms with Gasteiger partial charge in [-0.1, -0.05) is 17.3 Å². The van der Waals surface area contributed by atoms with Crippen molar-refractivity contribution in [2.45, 2.75) is 18.4 Å². The van der Waals surface area contributed by atoms with E-state index in [2.05, 4.69) is 16.0 Å². The van der Waals surface area contributed by atoms with Gasteiger partial charge in [-0.25, -0.2) is 8.42 Å². The average Bonchev–Trinajstić information content (AvgIpc) is 3.06. The molecule has 2 aromatic heterocycles. The molecule has 0 bridgehead atoms. The number of rotatable bonds is 3. The highest BCUT2D eigenvalue weighted by Crippen LogP contribution is 2.22. The molecule has 3 rings (SSSR count). The molecular weight excluding hydrogens is 372 g/mol. The van der Waals surface area contributed by atoms with E-state index in [4.69, 9.17) is 6.42 Å². The first-order valence-electron chi connectivity index (χ1n) is 7.57. The van der Waals surface area contributed by atoms with E-state index < -0.39 is 15.7 Å². The van der Waals surface area contributed by atoms with Crippen LogP contribution in [0.15, 0.2) is 34.3 Å². The van der Waals surface area contributed by atoms with Crippen LogP contribution in [-0.2, 0) is 23.4 Å². The van der Waals surface area contributed by atoms with E-state index >= 15 is 0 Å². The van der Waals surface area contributed by atoms with Gasteiger partial charge in [-0.3, -0.25) is 9.48 Å². The molecular formula is C17H16N4O3S2. The third-order valence-electron chi connectivity index (χ3n) is 3.74. The Balaban J connectivity index is 2.21. The van der Waals surface area contributed by atoms with Gasteiger partial charge in [0, 0.05) is 25.1 Å². The Hall–Kier alpha value is -2.70. The normalized spacial score (nSPS) is 12.5. The molecule has 0 atom stereocenters. The molecule has 1 aromatic carbocycles. The Morgan fingerprint density at radius 2 is 2.15 bits per heavy atom.